The number of hydrogen-bond acceptors (Lipinski definition) is 4. The summed E-state index contributed by atoms with van der Waals surface area (Å²) in [6.07, 6.45) is -1.31. The molecule has 8 heteroatoms. The standard InChI is InChI=1S/C2H5O5P.2Na/c3-2(4)1-8(5,6)7;;/h1H2,(H,3,4)(H2,5,6,7);;/q;2*+1/p-2. The zero-order chi connectivity index (χ0) is 6.78. The number of carbonyl (C=O) groups excluding carboxylic acids is 1. The molecule has 0 aliphatic rings. The smallest absolute Gasteiger partial charge is 0.778 e. The maximum Gasteiger partial charge on any atom is 1.00 e. The van der Waals surface area contributed by atoms with Gasteiger partial charge in [-0.15, -0.1) is 0 Å². The van der Waals surface area contributed by atoms with Crippen LogP contribution < -0.4 is 69.1 Å². The van der Waals surface area contributed by atoms with Gasteiger partial charge in [0.05, 0.1) is 6.16 Å². The molecule has 0 amide bonds. The summed E-state index contributed by atoms with van der Waals surface area (Å²) >= 11 is 0. The van der Waals surface area contributed by atoms with E-state index in [1.165, 1.54) is 0 Å². The molecule has 1 N–H and O–H groups in total. The van der Waals surface area contributed by atoms with Crippen LogP contribution in [0, 0.1) is 0 Å². The Labute approximate surface area is 102 Å². The zero-order valence-corrected chi connectivity index (χ0v) is 10.6. The number of aliphatic carboxylic acids is 1. The number of carboxylic acids is 1. The van der Waals surface area contributed by atoms with E-state index < -0.39 is 19.7 Å². The van der Waals surface area contributed by atoms with Crippen LogP contribution in [0.5, 0.6) is 0 Å². The molecule has 10 heavy (non-hydrogen) atoms. The zero-order valence-electron chi connectivity index (χ0n) is 5.73. The van der Waals surface area contributed by atoms with Crippen LogP contribution in [0.3, 0.4) is 0 Å². The van der Waals surface area contributed by atoms with Crippen LogP contribution in [0.15, 0.2) is 0 Å². The Morgan fingerprint density at radius 3 is 1.80 bits per heavy atom. The molecule has 0 aromatic rings. The summed E-state index contributed by atoms with van der Waals surface area (Å²) in [7, 11) is -4.63. The summed E-state index contributed by atoms with van der Waals surface area (Å²) in [5, 5.41) is 9.37. The molecule has 0 saturated carbocycles. The van der Waals surface area contributed by atoms with Gasteiger partial charge >= 0.3 is 59.1 Å². The predicted molar refractivity (Wildman–Crippen MR) is 19.7 cm³/mol. The third kappa shape index (κ3) is 16.3. The van der Waals surface area contributed by atoms with E-state index in [1.807, 2.05) is 0 Å². The van der Waals surface area contributed by atoms with Gasteiger partial charge in [-0.2, -0.15) is 0 Å². The molecule has 0 aromatic carbocycles. The van der Waals surface area contributed by atoms with Crippen LogP contribution in [0.25, 0.3) is 0 Å². The molecular formula is C2H3Na2O5P. The van der Waals surface area contributed by atoms with Crippen molar-refractivity contribution in [1.29, 1.82) is 0 Å². The van der Waals surface area contributed by atoms with Gasteiger partial charge < -0.3 is 24.3 Å². The first-order chi connectivity index (χ1) is 3.42. The fourth-order valence-corrected chi connectivity index (χ4v) is 0.489. The average molecular weight is 184 g/mol. The first-order valence-electron chi connectivity index (χ1n) is 1.64. The molecule has 0 heterocycles. The van der Waals surface area contributed by atoms with Gasteiger partial charge in [-0.25, -0.2) is 0 Å². The van der Waals surface area contributed by atoms with Gasteiger partial charge in [0.15, 0.2) is 0 Å². The first-order valence-corrected chi connectivity index (χ1v) is 3.41. The van der Waals surface area contributed by atoms with Crippen molar-refractivity contribution in [3.63, 3.8) is 0 Å². The van der Waals surface area contributed by atoms with Crippen LogP contribution in [-0.2, 0) is 9.36 Å². The number of carbonyl (C=O) groups is 1. The summed E-state index contributed by atoms with van der Waals surface area (Å²) in [5.41, 5.74) is 0. The van der Waals surface area contributed by atoms with Crippen LogP contribution in [0.2, 0.25) is 0 Å². The fourth-order valence-electron chi connectivity index (χ4n) is 0.163. The van der Waals surface area contributed by atoms with E-state index in [0.717, 1.165) is 0 Å². The SMILES string of the molecule is O=C([O-])CP(=O)([O-])O.[Na+].[Na+]. The van der Waals surface area contributed by atoms with Crippen molar-refractivity contribution >= 4 is 13.6 Å². The third-order valence-electron chi connectivity index (χ3n) is 0.329. The molecule has 1 unspecified atom stereocenters. The Morgan fingerprint density at radius 1 is 1.50 bits per heavy atom. The summed E-state index contributed by atoms with van der Waals surface area (Å²) in [4.78, 5) is 26.7. The minimum Gasteiger partial charge on any atom is -0.778 e. The number of carboxylic acid groups (broad SMARTS) is 1. The van der Waals surface area contributed by atoms with Crippen LogP contribution in [-0.4, -0.2) is 17.0 Å². The molecule has 1 atom stereocenters. The van der Waals surface area contributed by atoms with Crippen molar-refractivity contribution in [3.8, 4) is 0 Å². The second-order valence-corrected chi connectivity index (χ2v) is 2.76. The van der Waals surface area contributed by atoms with Crippen LogP contribution in [0.4, 0.5) is 0 Å². The van der Waals surface area contributed by atoms with E-state index >= 15 is 0 Å². The predicted octanol–water partition coefficient (Wildman–Crippen LogP) is -8.71. The van der Waals surface area contributed by atoms with E-state index in [-0.39, 0.29) is 59.1 Å². The van der Waals surface area contributed by atoms with Gasteiger partial charge in [0.25, 0.3) is 0 Å². The monoisotopic (exact) mass is 184 g/mol. The molecule has 5 nitrogen and oxygen atoms in total. The average Bonchev–Trinajstić information content (AvgIpc) is 1.21. The maximum atomic E-state index is 9.60. The maximum absolute atomic E-state index is 9.60. The summed E-state index contributed by atoms with van der Waals surface area (Å²) in [6, 6.07) is 0. The largest absolute Gasteiger partial charge is 1.00 e. The van der Waals surface area contributed by atoms with Crippen LogP contribution >= 0.6 is 7.60 Å². The minimum absolute atomic E-state index is 0. The van der Waals surface area contributed by atoms with Crippen molar-refractivity contribution < 1.29 is 83.4 Å². The molecule has 48 valence electrons. The Hall–Kier alpha value is 1.62. The van der Waals surface area contributed by atoms with Gasteiger partial charge in [-0.1, -0.05) is 0 Å². The van der Waals surface area contributed by atoms with Gasteiger partial charge in [0.1, 0.15) is 7.60 Å². The van der Waals surface area contributed by atoms with Crippen molar-refractivity contribution in [1.82, 2.24) is 0 Å². The van der Waals surface area contributed by atoms with Gasteiger partial charge in [-0.3, -0.25) is 0 Å². The fraction of sp³-hybridized carbons (Fsp3) is 0.500. The molecule has 0 aliphatic carbocycles. The Bertz CT molecular complexity index is 141. The quantitative estimate of drug-likeness (QED) is 0.339. The van der Waals surface area contributed by atoms with E-state index in [4.69, 9.17) is 4.89 Å². The summed E-state index contributed by atoms with van der Waals surface area (Å²) in [6.45, 7) is 0. The van der Waals surface area contributed by atoms with Gasteiger partial charge in [-0.05, 0) is 0 Å². The second kappa shape index (κ2) is 7.28. The molecule has 0 spiro atoms. The topological polar surface area (TPSA) is 100 Å². The molecule has 0 fully saturated rings. The van der Waals surface area contributed by atoms with Crippen molar-refractivity contribution in [2.45, 2.75) is 0 Å². The Kier molecular flexibility index (Phi) is 12.8. The molecule has 0 bridgehead atoms. The van der Waals surface area contributed by atoms with E-state index in [0.29, 0.717) is 0 Å². The van der Waals surface area contributed by atoms with Gasteiger partial charge in [0, 0.05) is 5.97 Å². The molecular weight excluding hydrogens is 181 g/mol. The Balaban J connectivity index is -0.000000245. The molecule has 0 aliphatic heterocycles. The second-order valence-electron chi connectivity index (χ2n) is 1.17. The van der Waals surface area contributed by atoms with Crippen molar-refractivity contribution in [3.05, 3.63) is 0 Å². The van der Waals surface area contributed by atoms with E-state index in [2.05, 4.69) is 0 Å². The molecule has 0 radical (unpaired) electrons. The molecule has 0 rings (SSSR count). The van der Waals surface area contributed by atoms with E-state index in [9.17, 15) is 19.4 Å². The third-order valence-corrected chi connectivity index (χ3v) is 0.987. The van der Waals surface area contributed by atoms with Crippen molar-refractivity contribution in [2.75, 3.05) is 6.16 Å². The number of rotatable bonds is 2. The normalized spacial score (nSPS) is 13.8. The van der Waals surface area contributed by atoms with Crippen LogP contribution in [0.1, 0.15) is 0 Å². The molecule has 0 saturated heterocycles. The first kappa shape index (κ1) is 17.6. The number of hydrogen-bond donors (Lipinski definition) is 1. The molecule has 0 aromatic heterocycles. The summed E-state index contributed by atoms with van der Waals surface area (Å²) in [5.74, 6) is -1.80. The Morgan fingerprint density at radius 2 is 1.80 bits per heavy atom. The summed E-state index contributed by atoms with van der Waals surface area (Å²) < 4.78 is 9.60. The minimum atomic E-state index is -4.63. The van der Waals surface area contributed by atoms with E-state index in [1.54, 1.807) is 0 Å². The van der Waals surface area contributed by atoms with Gasteiger partial charge in [0.2, 0.25) is 0 Å². The van der Waals surface area contributed by atoms with Crippen molar-refractivity contribution in [2.24, 2.45) is 0 Å².